The van der Waals surface area contributed by atoms with Crippen molar-refractivity contribution in [1.82, 2.24) is 0 Å². The first-order valence-corrected chi connectivity index (χ1v) is 6.33. The van der Waals surface area contributed by atoms with Gasteiger partial charge in [-0.15, -0.1) is 0 Å². The average molecular weight is 277 g/mol. The molecule has 0 aliphatic rings. The Labute approximate surface area is 118 Å². The zero-order chi connectivity index (χ0) is 15.5. The summed E-state index contributed by atoms with van der Waals surface area (Å²) in [5, 5.41) is 16.9. The summed E-state index contributed by atoms with van der Waals surface area (Å²) in [7, 11) is 0. The Morgan fingerprint density at radius 3 is 2.20 bits per heavy atom. The largest absolute Gasteiger partial charge is 0.488 e. The van der Waals surface area contributed by atoms with E-state index in [0.29, 0.717) is 5.75 Å². The van der Waals surface area contributed by atoms with Gasteiger partial charge < -0.3 is 9.84 Å². The fraction of sp³-hybridized carbons (Fsp3) is 0.400. The number of carbonyl (C=O) groups is 2. The molecular weight excluding hydrogens is 258 g/mol. The fourth-order valence-electron chi connectivity index (χ4n) is 1.62. The van der Waals surface area contributed by atoms with E-state index in [1.165, 1.54) is 18.2 Å². The van der Waals surface area contributed by atoms with E-state index in [9.17, 15) is 9.59 Å². The maximum absolute atomic E-state index is 11.6. The molecular formula is C15H19NO4. The maximum atomic E-state index is 11.6. The van der Waals surface area contributed by atoms with Crippen molar-refractivity contribution >= 4 is 17.5 Å². The summed E-state index contributed by atoms with van der Waals surface area (Å²) in [5.74, 6) is -1.13. The first-order valence-electron chi connectivity index (χ1n) is 6.33. The van der Waals surface area contributed by atoms with E-state index < -0.39 is 11.6 Å². The number of hydrogen-bond acceptors (Lipinski definition) is 4. The van der Waals surface area contributed by atoms with Crippen molar-refractivity contribution in [2.75, 3.05) is 0 Å². The lowest BCUT2D eigenvalue weighted by atomic mass is 10.0. The molecule has 5 heteroatoms. The van der Waals surface area contributed by atoms with Crippen LogP contribution in [0.3, 0.4) is 0 Å². The fourth-order valence-corrected chi connectivity index (χ4v) is 1.62. The number of ketones is 1. The van der Waals surface area contributed by atoms with Gasteiger partial charge in [0.15, 0.2) is 5.78 Å². The SMILES string of the molecule is CCC(=O)C(=N)c1cc(OC(C)(C)C)cc(C(=O)O)c1. The molecule has 0 saturated carbocycles. The molecule has 0 saturated heterocycles. The quantitative estimate of drug-likeness (QED) is 0.810. The molecule has 20 heavy (non-hydrogen) atoms. The minimum atomic E-state index is -1.12. The van der Waals surface area contributed by atoms with E-state index in [4.69, 9.17) is 15.3 Å². The highest BCUT2D eigenvalue weighted by Gasteiger charge is 2.18. The third-order valence-electron chi connectivity index (χ3n) is 2.47. The molecule has 0 radical (unpaired) electrons. The van der Waals surface area contributed by atoms with Gasteiger partial charge in [-0.05, 0) is 39.0 Å². The van der Waals surface area contributed by atoms with Gasteiger partial charge in [-0.25, -0.2) is 4.79 Å². The third-order valence-corrected chi connectivity index (χ3v) is 2.47. The molecule has 0 unspecified atom stereocenters. The van der Waals surface area contributed by atoms with Crippen molar-refractivity contribution in [3.05, 3.63) is 29.3 Å². The Bertz CT molecular complexity index is 555. The van der Waals surface area contributed by atoms with Crippen molar-refractivity contribution in [3.8, 4) is 5.75 Å². The number of hydrogen-bond donors (Lipinski definition) is 2. The van der Waals surface area contributed by atoms with E-state index >= 15 is 0 Å². The zero-order valence-electron chi connectivity index (χ0n) is 12.1. The predicted molar refractivity (Wildman–Crippen MR) is 75.9 cm³/mol. The van der Waals surface area contributed by atoms with Crippen molar-refractivity contribution in [3.63, 3.8) is 0 Å². The maximum Gasteiger partial charge on any atom is 0.335 e. The minimum Gasteiger partial charge on any atom is -0.488 e. The molecule has 1 aromatic carbocycles. The number of carboxylic acid groups (broad SMARTS) is 1. The molecule has 1 rings (SSSR count). The van der Waals surface area contributed by atoms with Gasteiger partial charge in [0.05, 0.1) is 5.56 Å². The third kappa shape index (κ3) is 4.19. The van der Waals surface area contributed by atoms with Crippen molar-refractivity contribution < 1.29 is 19.4 Å². The summed E-state index contributed by atoms with van der Waals surface area (Å²) in [4.78, 5) is 22.7. The molecule has 108 valence electrons. The van der Waals surface area contributed by atoms with Crippen LogP contribution in [0.25, 0.3) is 0 Å². The van der Waals surface area contributed by atoms with Gasteiger partial charge >= 0.3 is 5.97 Å². The Balaban J connectivity index is 3.28. The molecule has 5 nitrogen and oxygen atoms in total. The first-order chi connectivity index (χ1) is 9.14. The molecule has 2 N–H and O–H groups in total. The van der Waals surface area contributed by atoms with Crippen LogP contribution in [-0.4, -0.2) is 28.2 Å². The van der Waals surface area contributed by atoms with Gasteiger partial charge in [0.25, 0.3) is 0 Å². The van der Waals surface area contributed by atoms with Crippen LogP contribution < -0.4 is 4.74 Å². The van der Waals surface area contributed by atoms with Gasteiger partial charge in [0.1, 0.15) is 17.1 Å². The number of ether oxygens (including phenoxy) is 1. The predicted octanol–water partition coefficient (Wildman–Crippen LogP) is 2.91. The van der Waals surface area contributed by atoms with Crippen LogP contribution in [0.15, 0.2) is 18.2 Å². The molecule has 0 heterocycles. The van der Waals surface area contributed by atoms with Crippen molar-refractivity contribution in [2.45, 2.75) is 39.7 Å². The van der Waals surface area contributed by atoms with Crippen LogP contribution in [0.2, 0.25) is 0 Å². The summed E-state index contributed by atoms with van der Waals surface area (Å²) in [6.45, 7) is 7.17. The average Bonchev–Trinajstić information content (AvgIpc) is 2.34. The lowest BCUT2D eigenvalue weighted by Gasteiger charge is -2.22. The highest BCUT2D eigenvalue weighted by atomic mass is 16.5. The molecule has 0 atom stereocenters. The van der Waals surface area contributed by atoms with E-state index in [1.807, 2.05) is 20.8 Å². The number of benzene rings is 1. The molecule has 0 aliphatic heterocycles. The number of carboxylic acids is 1. The molecule has 0 spiro atoms. The smallest absolute Gasteiger partial charge is 0.335 e. The van der Waals surface area contributed by atoms with Gasteiger partial charge in [0, 0.05) is 12.0 Å². The lowest BCUT2D eigenvalue weighted by Crippen LogP contribution is -2.23. The second kappa shape index (κ2) is 5.86. The number of nitrogens with one attached hydrogen (secondary N) is 1. The van der Waals surface area contributed by atoms with E-state index in [1.54, 1.807) is 6.92 Å². The minimum absolute atomic E-state index is 0.00426. The first kappa shape index (κ1) is 15.9. The van der Waals surface area contributed by atoms with Crippen molar-refractivity contribution in [2.24, 2.45) is 0 Å². The molecule has 0 bridgehead atoms. The van der Waals surface area contributed by atoms with Gasteiger partial charge in [-0.2, -0.15) is 0 Å². The zero-order valence-corrected chi connectivity index (χ0v) is 12.1. The van der Waals surface area contributed by atoms with E-state index in [0.717, 1.165) is 0 Å². The van der Waals surface area contributed by atoms with Crippen molar-refractivity contribution in [1.29, 1.82) is 5.41 Å². The Hall–Kier alpha value is -2.17. The molecule has 1 aromatic rings. The van der Waals surface area contributed by atoms with Gasteiger partial charge in [-0.1, -0.05) is 6.92 Å². The Morgan fingerprint density at radius 1 is 1.20 bits per heavy atom. The number of rotatable bonds is 5. The Kier molecular flexibility index (Phi) is 4.65. The number of aromatic carboxylic acids is 1. The van der Waals surface area contributed by atoms with E-state index in [2.05, 4.69) is 0 Å². The molecule has 0 aromatic heterocycles. The standard InChI is InChI=1S/C15H19NO4/c1-5-12(17)13(16)9-6-10(14(18)19)8-11(7-9)20-15(2,3)4/h6-8,16H,5H2,1-4H3,(H,18,19). The molecule has 0 amide bonds. The second-order valence-corrected chi connectivity index (χ2v) is 5.42. The van der Waals surface area contributed by atoms with Gasteiger partial charge in [0.2, 0.25) is 0 Å². The highest BCUT2D eigenvalue weighted by Crippen LogP contribution is 2.22. The summed E-state index contributed by atoms with van der Waals surface area (Å²) in [6, 6.07) is 4.22. The van der Waals surface area contributed by atoms with E-state index in [-0.39, 0.29) is 29.0 Å². The van der Waals surface area contributed by atoms with Crippen LogP contribution >= 0.6 is 0 Å². The summed E-state index contributed by atoms with van der Waals surface area (Å²) in [6.07, 6.45) is 0.200. The number of carbonyl (C=O) groups excluding carboxylic acids is 1. The lowest BCUT2D eigenvalue weighted by molar-refractivity contribution is -0.112. The van der Waals surface area contributed by atoms with Crippen LogP contribution in [0.1, 0.15) is 50.0 Å². The van der Waals surface area contributed by atoms with Crippen LogP contribution in [0.4, 0.5) is 0 Å². The Morgan fingerprint density at radius 2 is 1.75 bits per heavy atom. The normalized spacial score (nSPS) is 11.0. The van der Waals surface area contributed by atoms with Gasteiger partial charge in [-0.3, -0.25) is 10.2 Å². The number of Topliss-reactive ketones (excluding diaryl/α,β-unsaturated/α-hetero) is 1. The summed E-state index contributed by atoms with van der Waals surface area (Å²) < 4.78 is 5.63. The summed E-state index contributed by atoms with van der Waals surface area (Å²) >= 11 is 0. The molecule has 0 fully saturated rings. The van der Waals surface area contributed by atoms with Crippen LogP contribution in [0, 0.1) is 5.41 Å². The van der Waals surface area contributed by atoms with Crippen LogP contribution in [0.5, 0.6) is 5.75 Å². The highest BCUT2D eigenvalue weighted by molar-refractivity contribution is 6.45. The topological polar surface area (TPSA) is 87.5 Å². The van der Waals surface area contributed by atoms with Crippen LogP contribution in [-0.2, 0) is 4.79 Å². The summed E-state index contributed by atoms with van der Waals surface area (Å²) in [5.41, 5.74) is -0.438. The monoisotopic (exact) mass is 277 g/mol. The second-order valence-electron chi connectivity index (χ2n) is 5.42. The molecule has 0 aliphatic carbocycles.